The molecule has 0 saturated heterocycles. The molecule has 0 aliphatic carbocycles. The van der Waals surface area contributed by atoms with E-state index in [-0.39, 0.29) is 0 Å². The van der Waals surface area contributed by atoms with E-state index in [1.807, 2.05) is 0 Å². The highest BCUT2D eigenvalue weighted by Crippen LogP contribution is 2.36. The van der Waals surface area contributed by atoms with E-state index in [2.05, 4.69) is 47.7 Å². The molecule has 1 unspecified atom stereocenters. The van der Waals surface area contributed by atoms with E-state index in [0.717, 1.165) is 12.5 Å². The van der Waals surface area contributed by atoms with E-state index in [1.54, 1.807) is 0 Å². The molecule has 0 aromatic heterocycles. The van der Waals surface area contributed by atoms with Crippen LogP contribution in [0.4, 0.5) is 0 Å². The lowest BCUT2D eigenvalue weighted by atomic mass is 9.99. The maximum Gasteiger partial charge on any atom is 0.191 e. The van der Waals surface area contributed by atoms with Crippen LogP contribution in [0.2, 0.25) is 18.1 Å². The van der Waals surface area contributed by atoms with Crippen LogP contribution < -0.4 is 0 Å². The molecule has 0 radical (unpaired) electrons. The van der Waals surface area contributed by atoms with Crippen molar-refractivity contribution in [3.63, 3.8) is 0 Å². The van der Waals surface area contributed by atoms with E-state index < -0.39 is 8.32 Å². The van der Waals surface area contributed by atoms with Crippen LogP contribution in [0.5, 0.6) is 0 Å². The molecule has 26 heavy (non-hydrogen) atoms. The summed E-state index contributed by atoms with van der Waals surface area (Å²) in [4.78, 5) is 0. The zero-order valence-corrected chi connectivity index (χ0v) is 20.6. The lowest BCUT2D eigenvalue weighted by Gasteiger charge is -2.36. The Labute approximate surface area is 168 Å². The quantitative estimate of drug-likeness (QED) is 0.179. The molecule has 0 aromatic rings. The third-order valence-electron chi connectivity index (χ3n) is 6.56. The summed E-state index contributed by atoms with van der Waals surface area (Å²) in [5, 5.41) is 0.348. The van der Waals surface area contributed by atoms with Crippen LogP contribution in [0, 0.1) is 5.92 Å². The maximum absolute atomic E-state index is 6.25. The number of hydrogen-bond donors (Lipinski definition) is 0. The lowest BCUT2D eigenvalue weighted by Crippen LogP contribution is -2.40. The van der Waals surface area contributed by atoms with Crippen LogP contribution in [0.1, 0.15) is 125 Å². The predicted octanol–water partition coefficient (Wildman–Crippen LogP) is 9.13. The van der Waals surface area contributed by atoms with Gasteiger partial charge in [0.05, 0.1) is 0 Å². The average molecular weight is 385 g/mol. The summed E-state index contributed by atoms with van der Waals surface area (Å²) < 4.78 is 6.25. The van der Waals surface area contributed by atoms with Gasteiger partial charge in [-0.25, -0.2) is 0 Å². The normalized spacial score (nSPS) is 14.0. The fourth-order valence-electron chi connectivity index (χ4n) is 3.11. The Morgan fingerprint density at radius 2 is 1.08 bits per heavy atom. The van der Waals surface area contributed by atoms with Gasteiger partial charge in [0.1, 0.15) is 0 Å². The third-order valence-corrected chi connectivity index (χ3v) is 11.1. The van der Waals surface area contributed by atoms with E-state index in [1.165, 1.54) is 89.9 Å². The first-order chi connectivity index (χ1) is 12.2. The van der Waals surface area contributed by atoms with Gasteiger partial charge in [0.25, 0.3) is 0 Å². The van der Waals surface area contributed by atoms with E-state index in [9.17, 15) is 0 Å². The standard InChI is InChI=1S/C24H52OSi/c1-8-23(2)21-19-17-15-13-11-9-10-12-14-16-18-20-22-25-26(6,7)24(3,4)5/h23H,8-22H2,1-7H3. The Kier molecular flexibility index (Phi) is 15.2. The van der Waals surface area contributed by atoms with Crippen molar-refractivity contribution in [3.8, 4) is 0 Å². The van der Waals surface area contributed by atoms with Gasteiger partial charge in [0, 0.05) is 6.61 Å². The molecule has 158 valence electrons. The maximum atomic E-state index is 6.25. The fourth-order valence-corrected chi connectivity index (χ4v) is 4.20. The zero-order valence-electron chi connectivity index (χ0n) is 19.6. The molecule has 0 heterocycles. The molecular formula is C24H52OSi. The molecule has 0 aliphatic heterocycles. The highest BCUT2D eigenvalue weighted by Gasteiger charge is 2.36. The first-order valence-corrected chi connectivity index (χ1v) is 14.8. The summed E-state index contributed by atoms with van der Waals surface area (Å²) in [6.07, 6.45) is 19.9. The zero-order chi connectivity index (χ0) is 19.9. The van der Waals surface area contributed by atoms with Gasteiger partial charge >= 0.3 is 0 Å². The van der Waals surface area contributed by atoms with Crippen LogP contribution in [0.25, 0.3) is 0 Å². The number of rotatable bonds is 17. The highest BCUT2D eigenvalue weighted by atomic mass is 28.4. The average Bonchev–Trinajstić information content (AvgIpc) is 2.56. The van der Waals surface area contributed by atoms with Gasteiger partial charge in [-0.3, -0.25) is 0 Å². The Morgan fingerprint density at radius 3 is 1.46 bits per heavy atom. The van der Waals surface area contributed by atoms with Crippen molar-refractivity contribution in [3.05, 3.63) is 0 Å². The molecular weight excluding hydrogens is 332 g/mol. The Hall–Kier alpha value is 0.177. The van der Waals surface area contributed by atoms with Crippen molar-refractivity contribution in [1.82, 2.24) is 0 Å². The summed E-state index contributed by atoms with van der Waals surface area (Å²) >= 11 is 0. The van der Waals surface area contributed by atoms with Gasteiger partial charge in [0.2, 0.25) is 0 Å². The molecule has 1 nitrogen and oxygen atoms in total. The van der Waals surface area contributed by atoms with Gasteiger partial charge in [-0.05, 0) is 30.5 Å². The largest absolute Gasteiger partial charge is 0.417 e. The van der Waals surface area contributed by atoms with Crippen LogP contribution in [-0.2, 0) is 4.43 Å². The van der Waals surface area contributed by atoms with Gasteiger partial charge < -0.3 is 4.43 Å². The molecule has 0 bridgehead atoms. The minimum Gasteiger partial charge on any atom is -0.417 e. The van der Waals surface area contributed by atoms with Crippen molar-refractivity contribution in [2.75, 3.05) is 6.61 Å². The van der Waals surface area contributed by atoms with Gasteiger partial charge in [-0.15, -0.1) is 0 Å². The van der Waals surface area contributed by atoms with E-state index >= 15 is 0 Å². The highest BCUT2D eigenvalue weighted by molar-refractivity contribution is 6.74. The summed E-state index contributed by atoms with van der Waals surface area (Å²) in [7, 11) is -1.52. The van der Waals surface area contributed by atoms with Crippen LogP contribution in [0.3, 0.4) is 0 Å². The monoisotopic (exact) mass is 384 g/mol. The molecule has 0 aromatic carbocycles. The summed E-state index contributed by atoms with van der Waals surface area (Å²) in [5.41, 5.74) is 0. The molecule has 0 aliphatic rings. The van der Waals surface area contributed by atoms with Crippen LogP contribution in [-0.4, -0.2) is 14.9 Å². The first-order valence-electron chi connectivity index (χ1n) is 11.8. The smallest absolute Gasteiger partial charge is 0.191 e. The number of unbranched alkanes of at least 4 members (excludes halogenated alkanes) is 11. The summed E-state index contributed by atoms with van der Waals surface area (Å²) in [5.74, 6) is 0.939. The molecule has 0 fully saturated rings. The molecule has 0 rings (SSSR count). The minimum atomic E-state index is -1.52. The van der Waals surface area contributed by atoms with E-state index in [4.69, 9.17) is 4.43 Å². The summed E-state index contributed by atoms with van der Waals surface area (Å²) in [6.45, 7) is 17.4. The van der Waals surface area contributed by atoms with Gasteiger partial charge in [-0.1, -0.05) is 118 Å². The second-order valence-electron chi connectivity index (χ2n) is 10.2. The minimum absolute atomic E-state index is 0.348. The summed E-state index contributed by atoms with van der Waals surface area (Å²) in [6, 6.07) is 0. The van der Waals surface area contributed by atoms with Crippen molar-refractivity contribution >= 4 is 8.32 Å². The van der Waals surface area contributed by atoms with Crippen LogP contribution in [0.15, 0.2) is 0 Å². The van der Waals surface area contributed by atoms with Crippen molar-refractivity contribution in [2.24, 2.45) is 5.92 Å². The molecule has 0 spiro atoms. The first kappa shape index (κ1) is 26.2. The third kappa shape index (κ3) is 14.3. The number of hydrogen-bond acceptors (Lipinski definition) is 1. The molecule has 0 amide bonds. The van der Waals surface area contributed by atoms with Gasteiger partial charge in [-0.2, -0.15) is 0 Å². The second kappa shape index (κ2) is 15.1. The Bertz CT molecular complexity index is 306. The van der Waals surface area contributed by atoms with E-state index in [0.29, 0.717) is 5.04 Å². The van der Waals surface area contributed by atoms with Crippen LogP contribution >= 0.6 is 0 Å². The predicted molar refractivity (Wildman–Crippen MR) is 123 cm³/mol. The van der Waals surface area contributed by atoms with Gasteiger partial charge in [0.15, 0.2) is 8.32 Å². The molecule has 1 atom stereocenters. The topological polar surface area (TPSA) is 9.23 Å². The van der Waals surface area contributed by atoms with Crippen molar-refractivity contribution in [2.45, 2.75) is 143 Å². The SMILES string of the molecule is CCC(C)CCCCCCCCCCCCCCO[Si](C)(C)C(C)(C)C. The Morgan fingerprint density at radius 1 is 0.692 bits per heavy atom. The molecule has 0 N–H and O–H groups in total. The molecule has 0 saturated carbocycles. The van der Waals surface area contributed by atoms with Crippen molar-refractivity contribution < 1.29 is 4.43 Å². The van der Waals surface area contributed by atoms with Crippen molar-refractivity contribution in [1.29, 1.82) is 0 Å². The second-order valence-corrected chi connectivity index (χ2v) is 15.0. The molecule has 2 heteroatoms. The Balaban J connectivity index is 3.25. The lowest BCUT2D eigenvalue weighted by molar-refractivity contribution is 0.277. The fraction of sp³-hybridized carbons (Fsp3) is 1.00.